The first-order chi connectivity index (χ1) is 9.15. The van der Waals surface area contributed by atoms with Crippen molar-refractivity contribution in [2.75, 3.05) is 0 Å². The fraction of sp³-hybridized carbons (Fsp3) is 0.0667. The molecule has 0 N–H and O–H groups in total. The van der Waals surface area contributed by atoms with Gasteiger partial charge in [-0.1, -0.05) is 41.9 Å². The van der Waals surface area contributed by atoms with Gasteiger partial charge in [0.2, 0.25) is 0 Å². The number of rotatable bonds is 1. The van der Waals surface area contributed by atoms with E-state index in [0.29, 0.717) is 22.4 Å². The highest BCUT2D eigenvalue weighted by Crippen LogP contribution is 2.33. The van der Waals surface area contributed by atoms with Crippen LogP contribution in [0.3, 0.4) is 0 Å². The minimum Gasteiger partial charge on any atom is -0.481 e. The van der Waals surface area contributed by atoms with Gasteiger partial charge in [0.15, 0.2) is 0 Å². The molecule has 18 heavy (non-hydrogen) atoms. The van der Waals surface area contributed by atoms with E-state index < -0.39 is 11.9 Å². The molecule has 2 aromatic carbocycles. The molecule has 3 rings (SSSR count). The fourth-order valence-corrected chi connectivity index (χ4v) is 2.08. The summed E-state index contributed by atoms with van der Waals surface area (Å²) in [5, 5.41) is 0.350. The summed E-state index contributed by atoms with van der Waals surface area (Å²) in [4.78, 5) is 0. The molecule has 0 fully saturated rings. The van der Waals surface area contributed by atoms with Gasteiger partial charge >= 0.3 is 0 Å². The van der Waals surface area contributed by atoms with Crippen LogP contribution in [0.15, 0.2) is 48.5 Å². The van der Waals surface area contributed by atoms with Crippen molar-refractivity contribution in [3.05, 3.63) is 70.5 Å². The average molecular weight is 262 g/mol. The van der Waals surface area contributed by atoms with Crippen molar-refractivity contribution < 1.29 is 10.5 Å². The Bertz CT molecular complexity index is 669. The first kappa shape index (κ1) is 10.2. The summed E-state index contributed by atoms with van der Waals surface area (Å²) in [7, 11) is 0. The standard InChI is InChI=1S/C15H10ClFO/c16-11-6-7-12(13(17)9-11)15-8-5-10-3-1-2-4-14(10)18-15/h1-9,15H/i4D. The van der Waals surface area contributed by atoms with Crippen molar-refractivity contribution in [3.63, 3.8) is 0 Å². The first-order valence-corrected chi connectivity index (χ1v) is 5.92. The van der Waals surface area contributed by atoms with Crippen molar-refractivity contribution in [1.82, 2.24) is 0 Å². The van der Waals surface area contributed by atoms with Gasteiger partial charge in [0.25, 0.3) is 0 Å². The number of hydrogen-bond acceptors (Lipinski definition) is 1. The molecule has 0 radical (unpaired) electrons. The molecule has 1 atom stereocenters. The molecule has 0 aliphatic carbocycles. The quantitative estimate of drug-likeness (QED) is 0.727. The number of benzene rings is 2. The largest absolute Gasteiger partial charge is 0.481 e. The van der Waals surface area contributed by atoms with Crippen LogP contribution in [0.25, 0.3) is 6.08 Å². The van der Waals surface area contributed by atoms with Crippen molar-refractivity contribution in [1.29, 1.82) is 0 Å². The number of hydrogen-bond donors (Lipinski definition) is 0. The van der Waals surface area contributed by atoms with Gasteiger partial charge in [0, 0.05) is 16.1 Å². The van der Waals surface area contributed by atoms with Crippen LogP contribution in [0, 0.1) is 5.82 Å². The van der Waals surface area contributed by atoms with Gasteiger partial charge in [-0.3, -0.25) is 0 Å². The van der Waals surface area contributed by atoms with Crippen LogP contribution in [0.4, 0.5) is 4.39 Å². The van der Waals surface area contributed by atoms with Gasteiger partial charge in [-0.15, -0.1) is 0 Å². The molecule has 1 aliphatic heterocycles. The second-order valence-electron chi connectivity index (χ2n) is 4.02. The Balaban J connectivity index is 2.00. The lowest BCUT2D eigenvalue weighted by molar-refractivity contribution is 0.246. The van der Waals surface area contributed by atoms with E-state index in [1.165, 1.54) is 6.07 Å². The second kappa shape index (κ2) is 4.46. The third-order valence-electron chi connectivity index (χ3n) is 2.81. The van der Waals surface area contributed by atoms with Crippen molar-refractivity contribution in [2.45, 2.75) is 6.10 Å². The Morgan fingerprint density at radius 2 is 2.17 bits per heavy atom. The fourth-order valence-electron chi connectivity index (χ4n) is 1.92. The summed E-state index contributed by atoms with van der Waals surface area (Å²) in [5.41, 5.74) is 1.24. The molecule has 0 spiro atoms. The van der Waals surface area contributed by atoms with Gasteiger partial charge in [-0.2, -0.15) is 0 Å². The Hall–Kier alpha value is -1.80. The van der Waals surface area contributed by atoms with Gasteiger partial charge < -0.3 is 4.74 Å². The average Bonchev–Trinajstić information content (AvgIpc) is 2.39. The van der Waals surface area contributed by atoms with E-state index in [1.807, 2.05) is 12.1 Å². The van der Waals surface area contributed by atoms with E-state index in [-0.39, 0.29) is 0 Å². The zero-order chi connectivity index (χ0) is 13.4. The summed E-state index contributed by atoms with van der Waals surface area (Å²) in [6, 6.07) is 10.1. The maximum absolute atomic E-state index is 13.9. The molecule has 0 amide bonds. The molecule has 1 heterocycles. The first-order valence-electron chi connectivity index (χ1n) is 6.04. The van der Waals surface area contributed by atoms with Gasteiger partial charge in [0.1, 0.15) is 17.7 Å². The summed E-state index contributed by atoms with van der Waals surface area (Å²) in [6.07, 6.45) is 3.08. The minimum atomic E-state index is -0.531. The maximum atomic E-state index is 13.9. The van der Waals surface area contributed by atoms with Crippen LogP contribution >= 0.6 is 11.6 Å². The molecule has 3 heteroatoms. The van der Waals surface area contributed by atoms with Gasteiger partial charge in [0.05, 0.1) is 1.37 Å². The number of halogens is 2. The molecule has 1 nitrogen and oxygen atoms in total. The smallest absolute Gasteiger partial charge is 0.145 e. The highest BCUT2D eigenvalue weighted by molar-refractivity contribution is 6.30. The van der Waals surface area contributed by atoms with Crippen molar-refractivity contribution >= 4 is 17.7 Å². The van der Waals surface area contributed by atoms with E-state index in [0.717, 1.165) is 5.56 Å². The van der Waals surface area contributed by atoms with E-state index in [4.69, 9.17) is 17.7 Å². The third kappa shape index (κ3) is 2.00. The van der Waals surface area contributed by atoms with Crippen LogP contribution in [0.2, 0.25) is 5.02 Å². The highest BCUT2D eigenvalue weighted by atomic mass is 35.5. The van der Waals surface area contributed by atoms with E-state index in [1.54, 1.807) is 30.3 Å². The van der Waals surface area contributed by atoms with Crippen LogP contribution in [0.5, 0.6) is 5.75 Å². The predicted octanol–water partition coefficient (Wildman–Crippen LogP) is 4.63. The number of ether oxygens (including phenoxy) is 1. The Kier molecular flexibility index (Phi) is 2.52. The molecule has 0 bridgehead atoms. The van der Waals surface area contributed by atoms with Crippen LogP contribution in [-0.4, -0.2) is 0 Å². The van der Waals surface area contributed by atoms with E-state index >= 15 is 0 Å². The summed E-state index contributed by atoms with van der Waals surface area (Å²) < 4.78 is 27.4. The Morgan fingerprint density at radius 3 is 3.00 bits per heavy atom. The molecule has 90 valence electrons. The molecule has 2 aromatic rings. The zero-order valence-electron chi connectivity index (χ0n) is 10.4. The van der Waals surface area contributed by atoms with E-state index in [9.17, 15) is 4.39 Å². The molecule has 1 unspecified atom stereocenters. The van der Waals surface area contributed by atoms with Crippen molar-refractivity contribution in [3.8, 4) is 5.75 Å². The summed E-state index contributed by atoms with van der Waals surface area (Å²) in [6.45, 7) is 0. The Morgan fingerprint density at radius 1 is 1.28 bits per heavy atom. The number of para-hydroxylation sites is 1. The minimum absolute atomic E-state index is 0.293. The third-order valence-corrected chi connectivity index (χ3v) is 3.05. The second-order valence-corrected chi connectivity index (χ2v) is 4.45. The number of fused-ring (bicyclic) bond motifs is 1. The SMILES string of the molecule is [2H]c1cccc2c1OC(c1ccc(Cl)cc1F)C=C2. The lowest BCUT2D eigenvalue weighted by Crippen LogP contribution is -2.10. The Labute approximate surface area is 111 Å². The molecule has 0 saturated heterocycles. The molecule has 0 saturated carbocycles. The zero-order valence-corrected chi connectivity index (χ0v) is 10.1. The maximum Gasteiger partial charge on any atom is 0.145 e. The monoisotopic (exact) mass is 261 g/mol. The lowest BCUT2D eigenvalue weighted by atomic mass is 10.0. The summed E-state index contributed by atoms with van der Waals surface area (Å²) in [5.74, 6) is 0.0670. The van der Waals surface area contributed by atoms with Crippen molar-refractivity contribution in [2.24, 2.45) is 0 Å². The topological polar surface area (TPSA) is 9.23 Å². The highest BCUT2D eigenvalue weighted by Gasteiger charge is 2.19. The van der Waals surface area contributed by atoms with Gasteiger partial charge in [-0.05, 0) is 24.3 Å². The molecule has 1 aliphatic rings. The van der Waals surface area contributed by atoms with Gasteiger partial charge in [-0.25, -0.2) is 4.39 Å². The predicted molar refractivity (Wildman–Crippen MR) is 70.3 cm³/mol. The van der Waals surface area contributed by atoms with E-state index in [2.05, 4.69) is 0 Å². The molecular formula is C15H10ClFO. The molecule has 0 aromatic heterocycles. The van der Waals surface area contributed by atoms with Crippen LogP contribution < -0.4 is 4.74 Å². The van der Waals surface area contributed by atoms with Crippen LogP contribution in [0.1, 0.15) is 18.6 Å². The molecular weight excluding hydrogens is 251 g/mol. The van der Waals surface area contributed by atoms with Crippen LogP contribution in [-0.2, 0) is 0 Å². The lowest BCUT2D eigenvalue weighted by Gasteiger charge is -2.22. The normalized spacial score (nSPS) is 17.9. The summed E-state index contributed by atoms with van der Waals surface area (Å²) >= 11 is 5.73.